The number of halogens is 3. The fraction of sp³-hybridized carbons (Fsp3) is 0.625. The Hall–Kier alpha value is -0.910. The van der Waals surface area contributed by atoms with E-state index in [1.807, 2.05) is 6.07 Å². The zero-order valence-electron chi connectivity index (χ0n) is 13.1. The number of alkyl halides is 2. The van der Waals surface area contributed by atoms with Gasteiger partial charge in [-0.15, -0.1) is 12.4 Å². The van der Waals surface area contributed by atoms with Crippen LogP contribution in [0.15, 0.2) is 24.3 Å². The highest BCUT2D eigenvalue weighted by Gasteiger charge is 2.23. The first-order chi connectivity index (χ1) is 10.1. The van der Waals surface area contributed by atoms with E-state index in [9.17, 15) is 8.78 Å². The van der Waals surface area contributed by atoms with Crippen molar-refractivity contribution >= 4 is 12.4 Å². The number of nitrogens with one attached hydrogen (secondary N) is 1. The van der Waals surface area contributed by atoms with Crippen molar-refractivity contribution in [3.8, 4) is 5.75 Å². The molecule has 1 heterocycles. The van der Waals surface area contributed by atoms with Crippen molar-refractivity contribution in [1.29, 1.82) is 0 Å². The van der Waals surface area contributed by atoms with Crippen LogP contribution < -0.4 is 10.1 Å². The first kappa shape index (κ1) is 19.1. The Kier molecular flexibility index (Phi) is 8.07. The number of hydrogen-bond acceptors (Lipinski definition) is 3. The predicted octanol–water partition coefficient (Wildman–Crippen LogP) is 3.70. The first-order valence-electron chi connectivity index (χ1n) is 7.56. The van der Waals surface area contributed by atoms with E-state index in [0.717, 1.165) is 38.2 Å². The summed E-state index contributed by atoms with van der Waals surface area (Å²) in [5.41, 5.74) is 1.06. The number of benzene rings is 1. The second-order valence-electron chi connectivity index (χ2n) is 5.88. The fourth-order valence-electron chi connectivity index (χ4n) is 2.83. The summed E-state index contributed by atoms with van der Waals surface area (Å²) in [6.07, 6.45) is 1.01. The Balaban J connectivity index is 0.00000242. The molecule has 0 radical (unpaired) electrons. The predicted molar refractivity (Wildman–Crippen MR) is 87.0 cm³/mol. The summed E-state index contributed by atoms with van der Waals surface area (Å²) in [4.78, 5) is 2.43. The zero-order valence-corrected chi connectivity index (χ0v) is 13.9. The van der Waals surface area contributed by atoms with Crippen LogP contribution in [-0.4, -0.2) is 37.7 Å². The molecule has 1 aliphatic rings. The minimum atomic E-state index is -2.78. The number of ether oxygens (including phenoxy) is 1. The standard InChI is InChI=1S/C16H24F2N2O.ClH/c1-12(2)10-15(20-8-6-19-7-9-20)13-4-3-5-14(11-13)21-16(17)18;/h3-5,11-12,15-16,19H,6-10H2,1-2H3;1H/t15-;/m0./s1. The lowest BCUT2D eigenvalue weighted by atomic mass is 9.95. The van der Waals surface area contributed by atoms with Gasteiger partial charge in [-0.3, -0.25) is 4.90 Å². The molecule has 0 bridgehead atoms. The fourth-order valence-corrected chi connectivity index (χ4v) is 2.83. The van der Waals surface area contributed by atoms with E-state index in [4.69, 9.17) is 0 Å². The molecule has 0 spiro atoms. The molecule has 6 heteroatoms. The van der Waals surface area contributed by atoms with Crippen molar-refractivity contribution in [3.63, 3.8) is 0 Å². The second-order valence-corrected chi connectivity index (χ2v) is 5.88. The largest absolute Gasteiger partial charge is 0.435 e. The molecule has 1 N–H and O–H groups in total. The molecule has 1 aliphatic heterocycles. The van der Waals surface area contributed by atoms with Crippen molar-refractivity contribution in [1.82, 2.24) is 10.2 Å². The van der Waals surface area contributed by atoms with Gasteiger partial charge in [-0.1, -0.05) is 26.0 Å². The van der Waals surface area contributed by atoms with Gasteiger partial charge < -0.3 is 10.1 Å². The van der Waals surface area contributed by atoms with Gasteiger partial charge in [0.1, 0.15) is 5.75 Å². The summed E-state index contributed by atoms with van der Waals surface area (Å²) in [5, 5.41) is 3.35. The third-order valence-electron chi connectivity index (χ3n) is 3.76. The van der Waals surface area contributed by atoms with E-state index in [-0.39, 0.29) is 24.2 Å². The molecule has 2 rings (SSSR count). The maximum absolute atomic E-state index is 12.4. The number of hydrogen-bond donors (Lipinski definition) is 1. The molecule has 1 aromatic rings. The molecule has 0 aliphatic carbocycles. The van der Waals surface area contributed by atoms with Gasteiger partial charge in [0, 0.05) is 32.2 Å². The molecule has 3 nitrogen and oxygen atoms in total. The maximum Gasteiger partial charge on any atom is 0.387 e. The lowest BCUT2D eigenvalue weighted by Crippen LogP contribution is -2.45. The molecule has 1 atom stereocenters. The van der Waals surface area contributed by atoms with E-state index in [2.05, 4.69) is 28.8 Å². The van der Waals surface area contributed by atoms with Crippen LogP contribution in [0.3, 0.4) is 0 Å². The second kappa shape index (κ2) is 9.28. The molecule has 1 fully saturated rings. The van der Waals surface area contributed by atoms with Crippen molar-refractivity contribution < 1.29 is 13.5 Å². The van der Waals surface area contributed by atoms with Crippen LogP contribution in [0.2, 0.25) is 0 Å². The average molecular weight is 335 g/mol. The summed E-state index contributed by atoms with van der Waals surface area (Å²) in [7, 11) is 0. The number of nitrogens with zero attached hydrogens (tertiary/aromatic N) is 1. The normalized spacial score (nSPS) is 17.4. The van der Waals surface area contributed by atoms with E-state index in [1.54, 1.807) is 18.2 Å². The van der Waals surface area contributed by atoms with Crippen LogP contribution in [0, 0.1) is 5.92 Å². The smallest absolute Gasteiger partial charge is 0.387 e. The quantitative estimate of drug-likeness (QED) is 0.858. The van der Waals surface area contributed by atoms with Gasteiger partial charge in [-0.25, -0.2) is 0 Å². The highest BCUT2D eigenvalue weighted by molar-refractivity contribution is 5.85. The zero-order chi connectivity index (χ0) is 15.2. The van der Waals surface area contributed by atoms with Crippen LogP contribution in [0.5, 0.6) is 5.75 Å². The highest BCUT2D eigenvalue weighted by atomic mass is 35.5. The summed E-state index contributed by atoms with van der Waals surface area (Å²) in [6.45, 7) is 5.52. The van der Waals surface area contributed by atoms with E-state index >= 15 is 0 Å². The SMILES string of the molecule is CC(C)C[C@@H](c1cccc(OC(F)F)c1)N1CCNCC1.Cl. The molecule has 0 unspecified atom stereocenters. The molecule has 0 amide bonds. The number of piperazine rings is 1. The molecular weight excluding hydrogens is 310 g/mol. The Morgan fingerprint density at radius 1 is 1.23 bits per heavy atom. The van der Waals surface area contributed by atoms with Gasteiger partial charge in [0.05, 0.1) is 0 Å². The van der Waals surface area contributed by atoms with Gasteiger partial charge in [-0.05, 0) is 30.0 Å². The molecule has 0 aromatic heterocycles. The van der Waals surface area contributed by atoms with Crippen LogP contribution in [0.1, 0.15) is 31.9 Å². The van der Waals surface area contributed by atoms with Crippen LogP contribution >= 0.6 is 12.4 Å². The lowest BCUT2D eigenvalue weighted by Gasteiger charge is -2.36. The van der Waals surface area contributed by atoms with E-state index in [1.165, 1.54) is 0 Å². The number of rotatable bonds is 6. The summed E-state index contributed by atoms with van der Waals surface area (Å²) in [6, 6.07) is 7.39. The molecular formula is C16H25ClF2N2O. The Bertz CT molecular complexity index is 440. The summed E-state index contributed by atoms with van der Waals surface area (Å²) >= 11 is 0. The van der Waals surface area contributed by atoms with Crippen molar-refractivity contribution in [2.24, 2.45) is 5.92 Å². The Labute approximate surface area is 137 Å². The van der Waals surface area contributed by atoms with Gasteiger partial charge in [-0.2, -0.15) is 8.78 Å². The molecule has 22 heavy (non-hydrogen) atoms. The molecule has 126 valence electrons. The maximum atomic E-state index is 12.4. The van der Waals surface area contributed by atoms with Crippen molar-refractivity contribution in [2.75, 3.05) is 26.2 Å². The van der Waals surface area contributed by atoms with Gasteiger partial charge in [0.15, 0.2) is 0 Å². The Morgan fingerprint density at radius 2 is 1.91 bits per heavy atom. The third kappa shape index (κ3) is 5.71. The average Bonchev–Trinajstić information content (AvgIpc) is 2.45. The van der Waals surface area contributed by atoms with E-state index in [0.29, 0.717) is 5.92 Å². The first-order valence-corrected chi connectivity index (χ1v) is 7.56. The highest BCUT2D eigenvalue weighted by Crippen LogP contribution is 2.30. The topological polar surface area (TPSA) is 24.5 Å². The van der Waals surface area contributed by atoms with Crippen molar-refractivity contribution in [2.45, 2.75) is 32.9 Å². The van der Waals surface area contributed by atoms with Crippen molar-refractivity contribution in [3.05, 3.63) is 29.8 Å². The van der Waals surface area contributed by atoms with Gasteiger partial charge in [0.25, 0.3) is 0 Å². The molecule has 1 saturated heterocycles. The minimum Gasteiger partial charge on any atom is -0.435 e. The minimum absolute atomic E-state index is 0. The third-order valence-corrected chi connectivity index (χ3v) is 3.76. The van der Waals surface area contributed by atoms with Gasteiger partial charge in [0.2, 0.25) is 0 Å². The van der Waals surface area contributed by atoms with E-state index < -0.39 is 6.61 Å². The molecule has 0 saturated carbocycles. The van der Waals surface area contributed by atoms with Crippen LogP contribution in [0.25, 0.3) is 0 Å². The summed E-state index contributed by atoms with van der Waals surface area (Å²) in [5.74, 6) is 0.788. The van der Waals surface area contributed by atoms with Crippen LogP contribution in [-0.2, 0) is 0 Å². The lowest BCUT2D eigenvalue weighted by molar-refractivity contribution is -0.0499. The molecule has 1 aromatic carbocycles. The monoisotopic (exact) mass is 334 g/mol. The van der Waals surface area contributed by atoms with Gasteiger partial charge >= 0.3 is 6.61 Å². The Morgan fingerprint density at radius 3 is 2.50 bits per heavy atom. The van der Waals surface area contributed by atoms with Crippen LogP contribution in [0.4, 0.5) is 8.78 Å². The summed E-state index contributed by atoms with van der Waals surface area (Å²) < 4.78 is 29.3.